The zero-order valence-electron chi connectivity index (χ0n) is 6.63. The summed E-state index contributed by atoms with van der Waals surface area (Å²) in [6, 6.07) is 7.40. The average Bonchev–Trinajstić information content (AvgIpc) is 2.08. The normalized spacial score (nSPS) is 7.45. The van der Waals surface area contributed by atoms with Gasteiger partial charge < -0.3 is 0 Å². The minimum Gasteiger partial charge on any atom is -0.207 e. The number of halogens is 1. The Kier molecular flexibility index (Phi) is 4.76. The minimum absolute atomic E-state index is 0.356. The molecule has 0 saturated heterocycles. The molecule has 0 radical (unpaired) electrons. The summed E-state index contributed by atoms with van der Waals surface area (Å²) in [5.41, 5.74) is 0.356. The fourth-order valence-corrected chi connectivity index (χ4v) is 0.558. The molecule has 1 aromatic rings. The third-order valence-corrected chi connectivity index (χ3v) is 0.954. The number of rotatable bonds is 0. The van der Waals surface area contributed by atoms with Crippen LogP contribution in [0.5, 0.6) is 0 Å². The molecule has 1 aromatic carbocycles. The lowest BCUT2D eigenvalue weighted by molar-refractivity contribution is 0.627. The largest absolute Gasteiger partial charge is 0.207 e. The van der Waals surface area contributed by atoms with Gasteiger partial charge in [-0.1, -0.05) is 19.9 Å². The molecule has 1 rings (SSSR count). The first-order valence-electron chi connectivity index (χ1n) is 3.48. The summed E-state index contributed by atoms with van der Waals surface area (Å²) < 4.78 is 12.2. The van der Waals surface area contributed by atoms with Crippen molar-refractivity contribution >= 4 is 0 Å². The van der Waals surface area contributed by atoms with Crippen LogP contribution in [0.15, 0.2) is 24.3 Å². The number of nitrogens with zero attached hydrogens (tertiary/aromatic N) is 1. The van der Waals surface area contributed by atoms with Crippen molar-refractivity contribution in [2.24, 2.45) is 0 Å². The maximum Gasteiger partial charge on any atom is 0.124 e. The topological polar surface area (TPSA) is 23.8 Å². The van der Waals surface area contributed by atoms with Crippen LogP contribution < -0.4 is 0 Å². The zero-order valence-corrected chi connectivity index (χ0v) is 6.63. The van der Waals surface area contributed by atoms with Crippen LogP contribution in [-0.4, -0.2) is 0 Å². The van der Waals surface area contributed by atoms with Gasteiger partial charge in [-0.15, -0.1) is 0 Å². The molecular weight excluding hydrogens is 141 g/mol. The van der Waals surface area contributed by atoms with E-state index in [2.05, 4.69) is 0 Å². The van der Waals surface area contributed by atoms with Crippen molar-refractivity contribution in [3.63, 3.8) is 0 Å². The van der Waals surface area contributed by atoms with Gasteiger partial charge in [0.05, 0.1) is 11.6 Å². The van der Waals surface area contributed by atoms with Crippen LogP contribution in [0, 0.1) is 17.1 Å². The fraction of sp³-hybridized carbons (Fsp3) is 0.222. The Morgan fingerprint density at radius 1 is 1.36 bits per heavy atom. The molecule has 0 heterocycles. The van der Waals surface area contributed by atoms with Gasteiger partial charge in [0.2, 0.25) is 0 Å². The van der Waals surface area contributed by atoms with Crippen molar-refractivity contribution in [1.29, 1.82) is 5.26 Å². The molecule has 0 spiro atoms. The standard InChI is InChI=1S/C7H4FN.C2H6/c8-7-3-1-2-6(4-7)5-9;1-2/h1-4H;1-2H3. The molecule has 0 aliphatic rings. The lowest BCUT2D eigenvalue weighted by atomic mass is 10.2. The minimum atomic E-state index is -0.367. The maximum atomic E-state index is 12.2. The van der Waals surface area contributed by atoms with E-state index in [1.807, 2.05) is 19.9 Å². The molecule has 0 N–H and O–H groups in total. The van der Waals surface area contributed by atoms with Crippen LogP contribution in [-0.2, 0) is 0 Å². The second-order valence-corrected chi connectivity index (χ2v) is 1.62. The number of hydrogen-bond donors (Lipinski definition) is 0. The average molecular weight is 151 g/mol. The molecule has 0 aliphatic heterocycles. The molecule has 0 saturated carbocycles. The summed E-state index contributed by atoms with van der Waals surface area (Å²) in [7, 11) is 0. The van der Waals surface area contributed by atoms with E-state index < -0.39 is 0 Å². The van der Waals surface area contributed by atoms with E-state index in [1.165, 1.54) is 18.2 Å². The highest BCUT2D eigenvalue weighted by Gasteiger charge is 1.89. The number of nitriles is 1. The van der Waals surface area contributed by atoms with Gasteiger partial charge >= 0.3 is 0 Å². The van der Waals surface area contributed by atoms with Crippen LogP contribution in [0.4, 0.5) is 4.39 Å². The van der Waals surface area contributed by atoms with Crippen LogP contribution in [0.1, 0.15) is 19.4 Å². The monoisotopic (exact) mass is 151 g/mol. The molecular formula is C9H10FN. The number of hydrogen-bond acceptors (Lipinski definition) is 1. The van der Waals surface area contributed by atoms with E-state index in [0.717, 1.165) is 0 Å². The van der Waals surface area contributed by atoms with Crippen LogP contribution >= 0.6 is 0 Å². The van der Waals surface area contributed by atoms with E-state index in [1.54, 1.807) is 6.07 Å². The quantitative estimate of drug-likeness (QED) is 0.559. The lowest BCUT2D eigenvalue weighted by Gasteiger charge is -1.85. The summed E-state index contributed by atoms with van der Waals surface area (Å²) in [6.45, 7) is 4.00. The highest BCUT2D eigenvalue weighted by atomic mass is 19.1. The van der Waals surface area contributed by atoms with E-state index in [9.17, 15) is 4.39 Å². The predicted octanol–water partition coefficient (Wildman–Crippen LogP) is 2.72. The van der Waals surface area contributed by atoms with E-state index in [-0.39, 0.29) is 5.82 Å². The first-order chi connectivity index (χ1) is 5.33. The van der Waals surface area contributed by atoms with Gasteiger partial charge in [-0.05, 0) is 18.2 Å². The maximum absolute atomic E-state index is 12.2. The molecule has 0 fully saturated rings. The van der Waals surface area contributed by atoms with Gasteiger partial charge in [0.25, 0.3) is 0 Å². The van der Waals surface area contributed by atoms with E-state index in [4.69, 9.17) is 5.26 Å². The van der Waals surface area contributed by atoms with Crippen LogP contribution in [0.3, 0.4) is 0 Å². The smallest absolute Gasteiger partial charge is 0.124 e. The molecule has 0 amide bonds. The Hall–Kier alpha value is -1.36. The molecule has 0 aromatic heterocycles. The molecule has 0 aliphatic carbocycles. The Bertz CT molecular complexity index is 250. The van der Waals surface area contributed by atoms with E-state index >= 15 is 0 Å². The molecule has 1 nitrogen and oxygen atoms in total. The highest BCUT2D eigenvalue weighted by molar-refractivity contribution is 5.28. The number of benzene rings is 1. The Labute approximate surface area is 66.1 Å². The Morgan fingerprint density at radius 3 is 2.36 bits per heavy atom. The zero-order chi connectivity index (χ0) is 8.69. The Morgan fingerprint density at radius 2 is 2.00 bits per heavy atom. The van der Waals surface area contributed by atoms with Crippen molar-refractivity contribution in [2.75, 3.05) is 0 Å². The summed E-state index contributed by atoms with van der Waals surface area (Å²) >= 11 is 0. The molecule has 0 bridgehead atoms. The third kappa shape index (κ3) is 3.36. The summed E-state index contributed by atoms with van der Waals surface area (Å²) in [6.07, 6.45) is 0. The molecule has 2 heteroatoms. The first-order valence-corrected chi connectivity index (χ1v) is 3.48. The third-order valence-electron chi connectivity index (χ3n) is 0.954. The van der Waals surface area contributed by atoms with Crippen molar-refractivity contribution < 1.29 is 4.39 Å². The Balaban J connectivity index is 0.000000461. The van der Waals surface area contributed by atoms with Gasteiger partial charge in [-0.2, -0.15) is 5.26 Å². The molecule has 0 unspecified atom stereocenters. The predicted molar refractivity (Wildman–Crippen MR) is 42.5 cm³/mol. The highest BCUT2D eigenvalue weighted by Crippen LogP contribution is 2.00. The lowest BCUT2D eigenvalue weighted by Crippen LogP contribution is -1.74. The van der Waals surface area contributed by atoms with Gasteiger partial charge in [0, 0.05) is 0 Å². The summed E-state index contributed by atoms with van der Waals surface area (Å²) in [5.74, 6) is -0.367. The van der Waals surface area contributed by atoms with Crippen LogP contribution in [0.25, 0.3) is 0 Å². The van der Waals surface area contributed by atoms with Crippen molar-refractivity contribution in [3.05, 3.63) is 35.6 Å². The van der Waals surface area contributed by atoms with E-state index in [0.29, 0.717) is 5.56 Å². The van der Waals surface area contributed by atoms with Crippen LogP contribution in [0.2, 0.25) is 0 Å². The second-order valence-electron chi connectivity index (χ2n) is 1.62. The molecule has 58 valence electrons. The van der Waals surface area contributed by atoms with Gasteiger partial charge in [0.1, 0.15) is 5.82 Å². The fourth-order valence-electron chi connectivity index (χ4n) is 0.558. The van der Waals surface area contributed by atoms with Crippen molar-refractivity contribution in [3.8, 4) is 6.07 Å². The van der Waals surface area contributed by atoms with Gasteiger partial charge in [-0.25, -0.2) is 4.39 Å². The molecule has 11 heavy (non-hydrogen) atoms. The summed E-state index contributed by atoms with van der Waals surface area (Å²) in [4.78, 5) is 0. The molecule has 0 atom stereocenters. The van der Waals surface area contributed by atoms with Crippen molar-refractivity contribution in [1.82, 2.24) is 0 Å². The second kappa shape index (κ2) is 5.43. The first kappa shape index (κ1) is 9.64. The van der Waals surface area contributed by atoms with Gasteiger partial charge in [-0.3, -0.25) is 0 Å². The van der Waals surface area contributed by atoms with Crippen molar-refractivity contribution in [2.45, 2.75) is 13.8 Å². The summed E-state index contributed by atoms with van der Waals surface area (Å²) in [5, 5.41) is 8.25. The SMILES string of the molecule is CC.N#Cc1cccc(F)c1. The van der Waals surface area contributed by atoms with Gasteiger partial charge in [0.15, 0.2) is 0 Å².